The molecule has 0 saturated heterocycles. The van der Waals surface area contributed by atoms with Gasteiger partial charge in [0.1, 0.15) is 0 Å². The Bertz CT molecular complexity index is 318. The third-order valence-corrected chi connectivity index (χ3v) is 2.52. The molecule has 1 aromatic carbocycles. The van der Waals surface area contributed by atoms with Crippen LogP contribution < -0.4 is 0 Å². The Morgan fingerprint density at radius 1 is 1.57 bits per heavy atom. The van der Waals surface area contributed by atoms with Crippen molar-refractivity contribution in [3.8, 4) is 0 Å². The molecule has 0 aliphatic heterocycles. The second-order valence-electron chi connectivity index (χ2n) is 3.61. The van der Waals surface area contributed by atoms with E-state index >= 15 is 0 Å². The summed E-state index contributed by atoms with van der Waals surface area (Å²) in [7, 11) is 0. The van der Waals surface area contributed by atoms with Gasteiger partial charge in [0.25, 0.3) is 0 Å². The number of rotatable bonds is 4. The molecule has 0 saturated carbocycles. The lowest BCUT2D eigenvalue weighted by atomic mass is 9.91. The monoisotopic (exact) mass is 210 g/mol. The average molecular weight is 211 g/mol. The van der Waals surface area contributed by atoms with E-state index < -0.39 is 5.60 Å². The highest BCUT2D eigenvalue weighted by Crippen LogP contribution is 2.27. The van der Waals surface area contributed by atoms with Crippen LogP contribution in [0.2, 0.25) is 5.02 Å². The molecule has 0 aromatic heterocycles. The van der Waals surface area contributed by atoms with Gasteiger partial charge in [-0.1, -0.05) is 29.8 Å². The zero-order valence-electron chi connectivity index (χ0n) is 8.33. The summed E-state index contributed by atoms with van der Waals surface area (Å²) < 4.78 is 0. The first-order valence-electron chi connectivity index (χ1n) is 4.65. The Hall–Kier alpha value is -0.790. The van der Waals surface area contributed by atoms with Crippen LogP contribution in [0.5, 0.6) is 0 Å². The first-order valence-corrected chi connectivity index (χ1v) is 5.03. The number of hydrogen-bond donors (Lipinski definition) is 1. The van der Waals surface area contributed by atoms with Crippen LogP contribution in [0.1, 0.15) is 25.3 Å². The summed E-state index contributed by atoms with van der Waals surface area (Å²) >= 11 is 5.85. The van der Waals surface area contributed by atoms with Crippen molar-refractivity contribution in [3.63, 3.8) is 0 Å². The fraction of sp³-hybridized carbons (Fsp3) is 0.333. The second kappa shape index (κ2) is 4.63. The molecule has 0 heterocycles. The van der Waals surface area contributed by atoms with Crippen molar-refractivity contribution < 1.29 is 5.11 Å². The topological polar surface area (TPSA) is 20.2 Å². The first kappa shape index (κ1) is 11.3. The molecule has 0 amide bonds. The number of aliphatic hydroxyl groups is 1. The molecule has 1 aromatic rings. The van der Waals surface area contributed by atoms with E-state index in [2.05, 4.69) is 6.58 Å². The maximum Gasteiger partial charge on any atom is 0.0872 e. The maximum absolute atomic E-state index is 10.1. The fourth-order valence-electron chi connectivity index (χ4n) is 1.35. The molecule has 0 aliphatic carbocycles. The summed E-state index contributed by atoms with van der Waals surface area (Å²) in [6, 6.07) is 7.33. The molecule has 0 spiro atoms. The quantitative estimate of drug-likeness (QED) is 0.755. The summed E-state index contributed by atoms with van der Waals surface area (Å²) in [5, 5.41) is 10.8. The van der Waals surface area contributed by atoms with Crippen molar-refractivity contribution in [1.29, 1.82) is 0 Å². The maximum atomic E-state index is 10.1. The molecular weight excluding hydrogens is 196 g/mol. The molecule has 1 rings (SSSR count). The number of hydrogen-bond acceptors (Lipinski definition) is 1. The molecule has 1 unspecified atom stereocenters. The lowest BCUT2D eigenvalue weighted by Gasteiger charge is -2.23. The number of benzene rings is 1. The van der Waals surface area contributed by atoms with Crippen LogP contribution in [-0.2, 0) is 5.60 Å². The smallest absolute Gasteiger partial charge is 0.0872 e. The summed E-state index contributed by atoms with van der Waals surface area (Å²) in [6.07, 6.45) is 3.26. The van der Waals surface area contributed by atoms with Crippen LogP contribution in [0.4, 0.5) is 0 Å². The standard InChI is InChI=1S/C12H15ClO/c1-3-4-8-12(2,14)10-6-5-7-11(13)9-10/h3,5-7,9,14H,1,4,8H2,2H3. The van der Waals surface area contributed by atoms with E-state index in [1.807, 2.05) is 12.1 Å². The van der Waals surface area contributed by atoms with Gasteiger partial charge in [-0.05, 0) is 37.5 Å². The zero-order chi connectivity index (χ0) is 10.6. The van der Waals surface area contributed by atoms with Crippen molar-refractivity contribution in [2.24, 2.45) is 0 Å². The fourth-order valence-corrected chi connectivity index (χ4v) is 1.54. The third-order valence-electron chi connectivity index (χ3n) is 2.28. The highest BCUT2D eigenvalue weighted by molar-refractivity contribution is 6.30. The van der Waals surface area contributed by atoms with Gasteiger partial charge >= 0.3 is 0 Å². The van der Waals surface area contributed by atoms with E-state index in [0.29, 0.717) is 11.4 Å². The van der Waals surface area contributed by atoms with Gasteiger partial charge in [-0.3, -0.25) is 0 Å². The molecular formula is C12H15ClO. The Balaban J connectivity index is 2.85. The Morgan fingerprint density at radius 3 is 2.86 bits per heavy atom. The summed E-state index contributed by atoms with van der Waals surface area (Å²) in [4.78, 5) is 0. The van der Waals surface area contributed by atoms with Gasteiger partial charge < -0.3 is 5.11 Å². The van der Waals surface area contributed by atoms with Crippen LogP contribution in [0, 0.1) is 0 Å². The molecule has 1 nitrogen and oxygen atoms in total. The van der Waals surface area contributed by atoms with Crippen molar-refractivity contribution in [3.05, 3.63) is 47.5 Å². The normalized spacial score (nSPS) is 14.8. The Kier molecular flexibility index (Phi) is 3.73. The minimum absolute atomic E-state index is 0.654. The molecule has 1 atom stereocenters. The SMILES string of the molecule is C=CCCC(C)(O)c1cccc(Cl)c1. The molecule has 76 valence electrons. The van der Waals surface area contributed by atoms with Gasteiger partial charge in [0.15, 0.2) is 0 Å². The van der Waals surface area contributed by atoms with Crippen molar-refractivity contribution in [2.75, 3.05) is 0 Å². The van der Waals surface area contributed by atoms with Crippen LogP contribution in [-0.4, -0.2) is 5.11 Å². The van der Waals surface area contributed by atoms with Crippen molar-refractivity contribution in [2.45, 2.75) is 25.4 Å². The number of halogens is 1. The second-order valence-corrected chi connectivity index (χ2v) is 4.05. The zero-order valence-corrected chi connectivity index (χ0v) is 9.09. The minimum atomic E-state index is -0.820. The van der Waals surface area contributed by atoms with Crippen molar-refractivity contribution >= 4 is 11.6 Å². The van der Waals surface area contributed by atoms with E-state index in [9.17, 15) is 5.11 Å². The Labute approximate surface area is 90.0 Å². The number of allylic oxidation sites excluding steroid dienone is 1. The largest absolute Gasteiger partial charge is 0.385 e. The van der Waals surface area contributed by atoms with Gasteiger partial charge in [-0.15, -0.1) is 6.58 Å². The van der Waals surface area contributed by atoms with Crippen molar-refractivity contribution in [1.82, 2.24) is 0 Å². The van der Waals surface area contributed by atoms with Crippen LogP contribution in [0.25, 0.3) is 0 Å². The third kappa shape index (κ3) is 2.86. The average Bonchev–Trinajstić information content (AvgIpc) is 2.15. The van der Waals surface area contributed by atoms with Crippen LogP contribution in [0.3, 0.4) is 0 Å². The molecule has 0 radical (unpaired) electrons. The molecule has 0 bridgehead atoms. The van der Waals surface area contributed by atoms with Gasteiger partial charge in [-0.25, -0.2) is 0 Å². The van der Waals surface area contributed by atoms with E-state index in [1.165, 1.54) is 0 Å². The highest BCUT2D eigenvalue weighted by Gasteiger charge is 2.21. The van der Waals surface area contributed by atoms with Gasteiger partial charge in [0.05, 0.1) is 5.60 Å². The molecule has 0 aliphatic rings. The lowest BCUT2D eigenvalue weighted by molar-refractivity contribution is 0.0488. The molecule has 2 heteroatoms. The molecule has 0 fully saturated rings. The minimum Gasteiger partial charge on any atom is -0.385 e. The summed E-state index contributed by atoms with van der Waals surface area (Å²) in [5.41, 5.74) is 0.0332. The van der Waals surface area contributed by atoms with Gasteiger partial charge in [0, 0.05) is 5.02 Å². The van der Waals surface area contributed by atoms with E-state index in [-0.39, 0.29) is 0 Å². The molecule has 1 N–H and O–H groups in total. The van der Waals surface area contributed by atoms with Gasteiger partial charge in [-0.2, -0.15) is 0 Å². The lowest BCUT2D eigenvalue weighted by Crippen LogP contribution is -2.20. The molecule has 14 heavy (non-hydrogen) atoms. The predicted octanol–water partition coefficient (Wildman–Crippen LogP) is 3.51. The van der Waals surface area contributed by atoms with Gasteiger partial charge in [0.2, 0.25) is 0 Å². The van der Waals surface area contributed by atoms with Crippen LogP contribution in [0.15, 0.2) is 36.9 Å². The highest BCUT2D eigenvalue weighted by atomic mass is 35.5. The Morgan fingerprint density at radius 2 is 2.29 bits per heavy atom. The first-order chi connectivity index (χ1) is 6.56. The predicted molar refractivity (Wildman–Crippen MR) is 60.5 cm³/mol. The van der Waals surface area contributed by atoms with E-state index in [1.54, 1.807) is 25.1 Å². The summed E-state index contributed by atoms with van der Waals surface area (Å²) in [5.74, 6) is 0. The van der Waals surface area contributed by atoms with Crippen LogP contribution >= 0.6 is 11.6 Å². The van der Waals surface area contributed by atoms with E-state index in [0.717, 1.165) is 12.0 Å². The summed E-state index contributed by atoms with van der Waals surface area (Å²) in [6.45, 7) is 5.43. The van der Waals surface area contributed by atoms with E-state index in [4.69, 9.17) is 11.6 Å².